The van der Waals surface area contributed by atoms with Crippen molar-refractivity contribution in [3.05, 3.63) is 64.7 Å². The van der Waals surface area contributed by atoms with Gasteiger partial charge in [-0.2, -0.15) is 0 Å². The number of aryl methyl sites for hydroxylation is 1. The second-order valence-electron chi connectivity index (χ2n) is 7.33. The lowest BCUT2D eigenvalue weighted by Crippen LogP contribution is -2.23. The molecule has 5 rings (SSSR count). The van der Waals surface area contributed by atoms with Gasteiger partial charge in [-0.3, -0.25) is 4.79 Å². The number of rotatable bonds is 6. The molecule has 0 bridgehead atoms. The molecule has 0 aliphatic heterocycles. The number of halogens is 1. The zero-order valence-electron chi connectivity index (χ0n) is 17.1. The standard InChI is InChI=1S/C21H19ClN8O2/c1-2-16-15(7-28-32-16)21(31)24-6-14-5-11-3-13(22)4-12(17(11)29-14)8-30-10-27-18-19(23)25-9-26-20(18)30/h3-5,7,9-10,29H,2,6,8H2,1H3,(H,24,31)(H2,23,25,26). The van der Waals surface area contributed by atoms with E-state index in [0.717, 1.165) is 22.2 Å². The highest BCUT2D eigenvalue weighted by Crippen LogP contribution is 2.26. The van der Waals surface area contributed by atoms with Crippen molar-refractivity contribution in [1.82, 2.24) is 35.0 Å². The molecule has 0 unspecified atom stereocenters. The third-order valence-corrected chi connectivity index (χ3v) is 5.47. The van der Waals surface area contributed by atoms with E-state index < -0.39 is 0 Å². The number of hydrogen-bond acceptors (Lipinski definition) is 7. The minimum absolute atomic E-state index is 0.234. The van der Waals surface area contributed by atoms with Crippen LogP contribution in [-0.4, -0.2) is 35.6 Å². The van der Waals surface area contributed by atoms with E-state index in [2.05, 4.69) is 30.4 Å². The van der Waals surface area contributed by atoms with Crippen LogP contribution in [-0.2, 0) is 19.5 Å². The molecule has 162 valence electrons. The average molecular weight is 451 g/mol. The van der Waals surface area contributed by atoms with Gasteiger partial charge in [0.1, 0.15) is 23.2 Å². The summed E-state index contributed by atoms with van der Waals surface area (Å²) in [6.07, 6.45) is 5.12. The number of hydrogen-bond donors (Lipinski definition) is 3. The lowest BCUT2D eigenvalue weighted by Gasteiger charge is -2.07. The van der Waals surface area contributed by atoms with E-state index in [1.54, 1.807) is 6.33 Å². The SMILES string of the molecule is CCc1oncc1C(=O)NCc1cc2cc(Cl)cc(Cn3cnc4c(N)ncnc43)c2[nH]1. The Hall–Kier alpha value is -3.92. The summed E-state index contributed by atoms with van der Waals surface area (Å²) >= 11 is 6.37. The van der Waals surface area contributed by atoms with Gasteiger partial charge in [0.05, 0.1) is 31.1 Å². The predicted molar refractivity (Wildman–Crippen MR) is 119 cm³/mol. The Morgan fingerprint density at radius 3 is 3.00 bits per heavy atom. The van der Waals surface area contributed by atoms with Gasteiger partial charge < -0.3 is 25.1 Å². The van der Waals surface area contributed by atoms with Gasteiger partial charge in [-0.05, 0) is 23.8 Å². The molecule has 0 aliphatic carbocycles. The second kappa shape index (κ2) is 7.97. The van der Waals surface area contributed by atoms with Crippen molar-refractivity contribution >= 4 is 45.4 Å². The molecule has 11 heteroatoms. The minimum atomic E-state index is -0.234. The summed E-state index contributed by atoms with van der Waals surface area (Å²) in [6.45, 7) is 2.71. The molecule has 0 saturated heterocycles. The number of aromatic nitrogens is 6. The van der Waals surface area contributed by atoms with Crippen LogP contribution in [0.1, 0.15) is 34.3 Å². The van der Waals surface area contributed by atoms with Crippen LogP contribution in [0.5, 0.6) is 0 Å². The maximum atomic E-state index is 12.5. The van der Waals surface area contributed by atoms with Crippen molar-refractivity contribution in [2.24, 2.45) is 0 Å². The zero-order chi connectivity index (χ0) is 22.2. The highest BCUT2D eigenvalue weighted by molar-refractivity contribution is 6.31. The lowest BCUT2D eigenvalue weighted by atomic mass is 10.1. The summed E-state index contributed by atoms with van der Waals surface area (Å²) in [6, 6.07) is 5.74. The fourth-order valence-corrected chi connectivity index (χ4v) is 3.98. The first-order valence-electron chi connectivity index (χ1n) is 9.96. The number of carbonyl (C=O) groups is 1. The summed E-state index contributed by atoms with van der Waals surface area (Å²) in [5, 5.41) is 8.15. The van der Waals surface area contributed by atoms with Crippen molar-refractivity contribution in [3.8, 4) is 0 Å². The first-order chi connectivity index (χ1) is 15.5. The Balaban J connectivity index is 1.42. The van der Waals surface area contributed by atoms with Crippen LogP contribution < -0.4 is 11.1 Å². The maximum absolute atomic E-state index is 12.5. The predicted octanol–water partition coefficient (Wildman–Crippen LogP) is 3.07. The van der Waals surface area contributed by atoms with Gasteiger partial charge >= 0.3 is 0 Å². The van der Waals surface area contributed by atoms with Gasteiger partial charge in [-0.15, -0.1) is 0 Å². The number of aromatic amines is 1. The fourth-order valence-electron chi connectivity index (χ4n) is 3.73. The van der Waals surface area contributed by atoms with Crippen molar-refractivity contribution in [3.63, 3.8) is 0 Å². The smallest absolute Gasteiger partial charge is 0.256 e. The Labute approximate surface area is 186 Å². The molecule has 0 radical (unpaired) electrons. The number of nitrogen functional groups attached to an aromatic ring is 1. The molecular formula is C21H19ClN8O2. The number of nitrogens with one attached hydrogen (secondary N) is 2. The first-order valence-corrected chi connectivity index (χ1v) is 10.3. The average Bonchev–Trinajstić information content (AvgIpc) is 3.50. The van der Waals surface area contributed by atoms with Crippen molar-refractivity contribution < 1.29 is 9.32 Å². The van der Waals surface area contributed by atoms with Gasteiger partial charge in [0.25, 0.3) is 5.91 Å². The Kier molecular flexibility index (Phi) is 4.98. The number of anilines is 1. The summed E-state index contributed by atoms with van der Waals surface area (Å²) in [5.74, 6) is 0.661. The molecule has 1 amide bonds. The van der Waals surface area contributed by atoms with Crippen LogP contribution >= 0.6 is 11.6 Å². The van der Waals surface area contributed by atoms with E-state index in [-0.39, 0.29) is 5.91 Å². The number of benzene rings is 1. The minimum Gasteiger partial charge on any atom is -0.382 e. The Bertz CT molecular complexity index is 1450. The highest BCUT2D eigenvalue weighted by Gasteiger charge is 2.16. The normalized spacial score (nSPS) is 11.4. The number of nitrogens with zero attached hydrogens (tertiary/aromatic N) is 5. The molecule has 0 spiro atoms. The van der Waals surface area contributed by atoms with Gasteiger partial charge in [0.15, 0.2) is 11.5 Å². The molecule has 0 atom stereocenters. The van der Waals surface area contributed by atoms with Crippen LogP contribution in [0.15, 0.2) is 41.6 Å². The van der Waals surface area contributed by atoms with Gasteiger partial charge in [-0.25, -0.2) is 15.0 Å². The van der Waals surface area contributed by atoms with E-state index >= 15 is 0 Å². The number of carbonyl (C=O) groups excluding carboxylic acids is 1. The Morgan fingerprint density at radius 2 is 2.16 bits per heavy atom. The van der Waals surface area contributed by atoms with Gasteiger partial charge in [0.2, 0.25) is 0 Å². The van der Waals surface area contributed by atoms with Crippen LogP contribution in [0.2, 0.25) is 5.02 Å². The Morgan fingerprint density at radius 1 is 1.28 bits per heavy atom. The summed E-state index contributed by atoms with van der Waals surface area (Å²) in [7, 11) is 0. The molecule has 0 saturated carbocycles. The van der Waals surface area contributed by atoms with E-state index in [4.69, 9.17) is 21.9 Å². The van der Waals surface area contributed by atoms with Gasteiger partial charge in [-0.1, -0.05) is 23.7 Å². The molecule has 1 aromatic carbocycles. The molecule has 5 aromatic rings. The van der Waals surface area contributed by atoms with Crippen LogP contribution in [0.4, 0.5) is 5.82 Å². The number of nitrogens with two attached hydrogens (primary N) is 1. The van der Waals surface area contributed by atoms with Crippen LogP contribution in [0, 0.1) is 0 Å². The van der Waals surface area contributed by atoms with Crippen molar-refractivity contribution in [2.45, 2.75) is 26.4 Å². The first kappa shape index (κ1) is 20.0. The molecular weight excluding hydrogens is 432 g/mol. The quantitative estimate of drug-likeness (QED) is 0.361. The number of fused-ring (bicyclic) bond motifs is 2. The summed E-state index contributed by atoms with van der Waals surface area (Å²) in [4.78, 5) is 28.5. The number of amides is 1. The third-order valence-electron chi connectivity index (χ3n) is 5.25. The van der Waals surface area contributed by atoms with Crippen LogP contribution in [0.25, 0.3) is 22.1 Å². The third kappa shape index (κ3) is 3.54. The number of imidazole rings is 1. The highest BCUT2D eigenvalue weighted by atomic mass is 35.5. The molecule has 0 fully saturated rings. The van der Waals surface area contributed by atoms with Crippen molar-refractivity contribution in [1.29, 1.82) is 0 Å². The molecule has 32 heavy (non-hydrogen) atoms. The summed E-state index contributed by atoms with van der Waals surface area (Å²) in [5.41, 5.74) is 10.3. The molecule has 4 N–H and O–H groups in total. The van der Waals surface area contributed by atoms with E-state index in [0.29, 0.717) is 52.8 Å². The molecule has 4 aromatic heterocycles. The second-order valence-corrected chi connectivity index (χ2v) is 7.76. The van der Waals surface area contributed by atoms with E-state index in [1.165, 1.54) is 12.5 Å². The molecule has 10 nitrogen and oxygen atoms in total. The van der Waals surface area contributed by atoms with E-state index in [1.807, 2.05) is 29.7 Å². The lowest BCUT2D eigenvalue weighted by molar-refractivity contribution is 0.0948. The molecule has 4 heterocycles. The monoisotopic (exact) mass is 450 g/mol. The van der Waals surface area contributed by atoms with Gasteiger partial charge in [0, 0.05) is 22.5 Å². The van der Waals surface area contributed by atoms with Crippen molar-refractivity contribution in [2.75, 3.05) is 5.73 Å². The fraction of sp³-hybridized carbons (Fsp3) is 0.190. The van der Waals surface area contributed by atoms with Crippen LogP contribution in [0.3, 0.4) is 0 Å². The maximum Gasteiger partial charge on any atom is 0.256 e. The topological polar surface area (TPSA) is 141 Å². The molecule has 0 aliphatic rings. The zero-order valence-corrected chi connectivity index (χ0v) is 17.8. The van der Waals surface area contributed by atoms with E-state index in [9.17, 15) is 4.79 Å². The number of H-pyrrole nitrogens is 1. The largest absolute Gasteiger partial charge is 0.382 e. The summed E-state index contributed by atoms with van der Waals surface area (Å²) < 4.78 is 6.98.